The molecule has 5 nitrogen and oxygen atoms in total. The molecule has 100 valence electrons. The zero-order valence-corrected chi connectivity index (χ0v) is 11.6. The molecule has 0 aliphatic heterocycles. The van der Waals surface area contributed by atoms with E-state index in [0.717, 1.165) is 0 Å². The van der Waals surface area contributed by atoms with Gasteiger partial charge in [-0.15, -0.1) is 0 Å². The molecule has 0 saturated heterocycles. The quantitative estimate of drug-likeness (QED) is 0.810. The van der Waals surface area contributed by atoms with Crippen LogP contribution in [0.2, 0.25) is 10.0 Å². The Morgan fingerprint density at radius 1 is 1.32 bits per heavy atom. The van der Waals surface area contributed by atoms with E-state index in [0.29, 0.717) is 21.6 Å². The molecular formula is C12H12Cl2N4O. The summed E-state index contributed by atoms with van der Waals surface area (Å²) in [4.78, 5) is 18.8. The number of amides is 2. The Bertz CT molecular complexity index is 551. The van der Waals surface area contributed by atoms with E-state index < -0.39 is 0 Å². The first-order valence-corrected chi connectivity index (χ1v) is 6.33. The van der Waals surface area contributed by atoms with Gasteiger partial charge >= 0.3 is 6.03 Å². The highest BCUT2D eigenvalue weighted by Gasteiger charge is 2.11. The monoisotopic (exact) mass is 298 g/mol. The number of nitrogens with zero attached hydrogens (tertiary/aromatic N) is 1. The Hall–Kier alpha value is -1.72. The molecule has 0 bridgehead atoms. The molecule has 1 atom stereocenters. The molecule has 1 aromatic heterocycles. The van der Waals surface area contributed by atoms with E-state index in [9.17, 15) is 4.79 Å². The van der Waals surface area contributed by atoms with Gasteiger partial charge in [0.05, 0.1) is 6.04 Å². The second-order valence-corrected chi connectivity index (χ2v) is 4.83. The smallest absolute Gasteiger partial charge is 0.319 e. The number of hydrogen-bond acceptors (Lipinski definition) is 2. The van der Waals surface area contributed by atoms with E-state index in [1.54, 1.807) is 30.6 Å². The van der Waals surface area contributed by atoms with Gasteiger partial charge in [0.15, 0.2) is 0 Å². The van der Waals surface area contributed by atoms with Crippen LogP contribution in [0.5, 0.6) is 0 Å². The van der Waals surface area contributed by atoms with E-state index in [4.69, 9.17) is 23.2 Å². The highest BCUT2D eigenvalue weighted by Crippen LogP contribution is 2.22. The van der Waals surface area contributed by atoms with E-state index in [-0.39, 0.29) is 12.1 Å². The van der Waals surface area contributed by atoms with Gasteiger partial charge in [-0.2, -0.15) is 0 Å². The SMILES string of the molecule is CC(NC(=O)Nc1cc(Cl)cc(Cl)c1)c1ncc[nH]1. The normalized spacial score (nSPS) is 11.9. The van der Waals surface area contributed by atoms with Crippen molar-refractivity contribution in [3.63, 3.8) is 0 Å². The summed E-state index contributed by atoms with van der Waals surface area (Å²) in [7, 11) is 0. The third-order valence-electron chi connectivity index (χ3n) is 2.40. The summed E-state index contributed by atoms with van der Waals surface area (Å²) >= 11 is 11.7. The molecular weight excluding hydrogens is 287 g/mol. The van der Waals surface area contributed by atoms with Crippen molar-refractivity contribution < 1.29 is 4.79 Å². The lowest BCUT2D eigenvalue weighted by molar-refractivity contribution is 0.249. The van der Waals surface area contributed by atoms with Crippen molar-refractivity contribution in [1.29, 1.82) is 0 Å². The molecule has 1 aromatic carbocycles. The molecule has 0 saturated carbocycles. The van der Waals surface area contributed by atoms with Crippen molar-refractivity contribution in [1.82, 2.24) is 15.3 Å². The Kier molecular flexibility index (Phi) is 4.29. The standard InChI is InChI=1S/C12H12Cl2N4O/c1-7(11-15-2-3-16-11)17-12(19)18-10-5-8(13)4-9(14)6-10/h2-7H,1H3,(H,15,16)(H2,17,18,19). The van der Waals surface area contributed by atoms with E-state index in [1.165, 1.54) is 0 Å². The Morgan fingerprint density at radius 2 is 2.00 bits per heavy atom. The lowest BCUT2D eigenvalue weighted by atomic mass is 10.3. The number of rotatable bonds is 3. The summed E-state index contributed by atoms with van der Waals surface area (Å²) in [6.07, 6.45) is 3.32. The number of aromatic nitrogens is 2. The Morgan fingerprint density at radius 3 is 2.58 bits per heavy atom. The van der Waals surface area contributed by atoms with E-state index in [1.807, 2.05) is 6.92 Å². The first-order valence-electron chi connectivity index (χ1n) is 5.57. The van der Waals surface area contributed by atoms with Gasteiger partial charge in [0.2, 0.25) is 0 Å². The summed E-state index contributed by atoms with van der Waals surface area (Å²) in [5.74, 6) is 0.680. The molecule has 19 heavy (non-hydrogen) atoms. The molecule has 0 aliphatic carbocycles. The second-order valence-electron chi connectivity index (χ2n) is 3.95. The molecule has 0 radical (unpaired) electrons. The predicted octanol–water partition coefficient (Wildman–Crippen LogP) is 3.60. The topological polar surface area (TPSA) is 69.8 Å². The number of H-pyrrole nitrogens is 1. The largest absolute Gasteiger partial charge is 0.347 e. The molecule has 7 heteroatoms. The number of carbonyl (C=O) groups is 1. The first-order chi connectivity index (χ1) is 9.04. The summed E-state index contributed by atoms with van der Waals surface area (Å²) in [6.45, 7) is 1.82. The molecule has 1 heterocycles. The number of carbonyl (C=O) groups excluding carboxylic acids is 1. The summed E-state index contributed by atoms with van der Waals surface area (Å²) in [6, 6.07) is 4.24. The lowest BCUT2D eigenvalue weighted by Gasteiger charge is -2.13. The number of halogens is 2. The van der Waals surface area contributed by atoms with Crippen LogP contribution >= 0.6 is 23.2 Å². The number of benzene rings is 1. The van der Waals surface area contributed by atoms with Crippen LogP contribution in [0, 0.1) is 0 Å². The molecule has 3 N–H and O–H groups in total. The number of hydrogen-bond donors (Lipinski definition) is 3. The minimum absolute atomic E-state index is 0.232. The number of imidazole rings is 1. The number of anilines is 1. The number of aromatic amines is 1. The van der Waals surface area contributed by atoms with Crippen molar-refractivity contribution in [2.45, 2.75) is 13.0 Å². The van der Waals surface area contributed by atoms with Crippen LogP contribution in [-0.2, 0) is 0 Å². The van der Waals surface area contributed by atoms with Gasteiger partial charge in [0.25, 0.3) is 0 Å². The van der Waals surface area contributed by atoms with Crippen LogP contribution in [0.3, 0.4) is 0 Å². The minimum atomic E-state index is -0.359. The third-order valence-corrected chi connectivity index (χ3v) is 2.83. The van der Waals surface area contributed by atoms with Crippen molar-refractivity contribution in [3.05, 3.63) is 46.5 Å². The number of nitrogens with one attached hydrogen (secondary N) is 3. The molecule has 2 amide bonds. The molecule has 2 rings (SSSR count). The van der Waals surface area contributed by atoms with Crippen LogP contribution in [0.1, 0.15) is 18.8 Å². The lowest BCUT2D eigenvalue weighted by Crippen LogP contribution is -2.31. The summed E-state index contributed by atoms with van der Waals surface area (Å²) in [5, 5.41) is 6.32. The highest BCUT2D eigenvalue weighted by atomic mass is 35.5. The average Bonchev–Trinajstić information content (AvgIpc) is 2.80. The third kappa shape index (κ3) is 3.87. The van der Waals surface area contributed by atoms with Gasteiger partial charge in [-0.05, 0) is 25.1 Å². The maximum atomic E-state index is 11.8. The maximum Gasteiger partial charge on any atom is 0.319 e. The van der Waals surface area contributed by atoms with Crippen molar-refractivity contribution >= 4 is 34.9 Å². The van der Waals surface area contributed by atoms with Crippen LogP contribution < -0.4 is 10.6 Å². The molecule has 0 spiro atoms. The predicted molar refractivity (Wildman–Crippen MR) is 75.6 cm³/mol. The zero-order valence-electron chi connectivity index (χ0n) is 10.1. The first kappa shape index (κ1) is 13.7. The zero-order chi connectivity index (χ0) is 13.8. The van der Waals surface area contributed by atoms with Crippen molar-refractivity contribution in [2.75, 3.05) is 5.32 Å². The highest BCUT2D eigenvalue weighted by molar-refractivity contribution is 6.35. The number of urea groups is 1. The van der Waals surface area contributed by atoms with Crippen LogP contribution in [0.15, 0.2) is 30.6 Å². The van der Waals surface area contributed by atoms with Gasteiger partial charge < -0.3 is 15.6 Å². The maximum absolute atomic E-state index is 11.8. The van der Waals surface area contributed by atoms with Crippen LogP contribution in [0.4, 0.5) is 10.5 Å². The van der Waals surface area contributed by atoms with Gasteiger partial charge in [0.1, 0.15) is 5.82 Å². The summed E-state index contributed by atoms with van der Waals surface area (Å²) in [5.41, 5.74) is 0.529. The van der Waals surface area contributed by atoms with Crippen LogP contribution in [0.25, 0.3) is 0 Å². The molecule has 0 fully saturated rings. The van der Waals surface area contributed by atoms with Crippen LogP contribution in [-0.4, -0.2) is 16.0 Å². The van der Waals surface area contributed by atoms with E-state index in [2.05, 4.69) is 20.6 Å². The fourth-order valence-electron chi connectivity index (χ4n) is 1.57. The molecule has 0 aliphatic rings. The fraction of sp³-hybridized carbons (Fsp3) is 0.167. The van der Waals surface area contributed by atoms with Crippen molar-refractivity contribution in [3.8, 4) is 0 Å². The molecule has 1 unspecified atom stereocenters. The van der Waals surface area contributed by atoms with Crippen molar-refractivity contribution in [2.24, 2.45) is 0 Å². The Labute approximate surface area is 120 Å². The van der Waals surface area contributed by atoms with Gasteiger partial charge in [-0.1, -0.05) is 23.2 Å². The Balaban J connectivity index is 1.97. The average molecular weight is 299 g/mol. The van der Waals surface area contributed by atoms with Gasteiger partial charge in [-0.3, -0.25) is 0 Å². The minimum Gasteiger partial charge on any atom is -0.347 e. The van der Waals surface area contributed by atoms with Gasteiger partial charge in [0, 0.05) is 28.1 Å². The van der Waals surface area contributed by atoms with E-state index >= 15 is 0 Å². The molecule has 2 aromatic rings. The van der Waals surface area contributed by atoms with Gasteiger partial charge in [-0.25, -0.2) is 9.78 Å². The summed E-state index contributed by atoms with van der Waals surface area (Å²) < 4.78 is 0. The second kappa shape index (κ2) is 5.95. The fourth-order valence-corrected chi connectivity index (χ4v) is 2.10.